The minimum Gasteiger partial charge on any atom is -0.497 e. The summed E-state index contributed by atoms with van der Waals surface area (Å²) in [5.41, 5.74) is 2.52. The van der Waals surface area contributed by atoms with Crippen molar-refractivity contribution >= 4 is 0 Å². The molecule has 0 fully saturated rings. The van der Waals surface area contributed by atoms with Crippen molar-refractivity contribution in [1.82, 2.24) is 4.57 Å². The van der Waals surface area contributed by atoms with Crippen molar-refractivity contribution in [1.29, 1.82) is 0 Å². The van der Waals surface area contributed by atoms with E-state index in [1.165, 1.54) is 0 Å². The summed E-state index contributed by atoms with van der Waals surface area (Å²) in [7, 11) is 3.25. The van der Waals surface area contributed by atoms with Gasteiger partial charge in [0.25, 0.3) is 0 Å². The van der Waals surface area contributed by atoms with Crippen LogP contribution in [0.1, 0.15) is 13.3 Å². The Morgan fingerprint density at radius 2 is 1.40 bits per heavy atom. The highest BCUT2D eigenvalue weighted by atomic mass is 16.5. The fraction of sp³-hybridized carbons (Fsp3) is 0.250. The molecule has 0 spiro atoms. The first-order valence-electron chi connectivity index (χ1n) is 8.20. The molecule has 0 N–H and O–H groups in total. The third-order valence-electron chi connectivity index (χ3n) is 4.06. The third-order valence-corrected chi connectivity index (χ3v) is 4.06. The number of ether oxygens (including phenoxy) is 2. The Balaban J connectivity index is 2.17. The summed E-state index contributed by atoms with van der Waals surface area (Å²) < 4.78 is 17.7. The first-order chi connectivity index (χ1) is 12.2. The molecule has 0 bridgehead atoms. The number of rotatable bonds is 6. The van der Waals surface area contributed by atoms with Crippen LogP contribution in [0.15, 0.2) is 57.7 Å². The summed E-state index contributed by atoms with van der Waals surface area (Å²) in [6.45, 7) is 2.63. The van der Waals surface area contributed by atoms with Gasteiger partial charge in [0, 0.05) is 17.7 Å². The molecule has 0 radical (unpaired) electrons. The van der Waals surface area contributed by atoms with Crippen LogP contribution in [0.3, 0.4) is 0 Å². The van der Waals surface area contributed by atoms with Crippen LogP contribution in [0, 0.1) is 0 Å². The Labute approximate surface area is 146 Å². The first kappa shape index (κ1) is 16.9. The normalized spacial score (nSPS) is 10.7. The zero-order valence-electron chi connectivity index (χ0n) is 14.6. The van der Waals surface area contributed by atoms with Gasteiger partial charge < -0.3 is 13.9 Å². The molecule has 3 aromatic rings. The van der Waals surface area contributed by atoms with E-state index in [1.807, 2.05) is 55.5 Å². The Morgan fingerprint density at radius 1 is 0.880 bits per heavy atom. The molecule has 0 aliphatic heterocycles. The molecule has 1 heterocycles. The minimum absolute atomic E-state index is 0.349. The molecule has 0 aliphatic rings. The van der Waals surface area contributed by atoms with Gasteiger partial charge in [-0.2, -0.15) is 0 Å². The Hall–Kier alpha value is -2.95. The Kier molecular flexibility index (Phi) is 4.93. The van der Waals surface area contributed by atoms with Gasteiger partial charge in [-0.3, -0.25) is 4.57 Å². The van der Waals surface area contributed by atoms with Crippen molar-refractivity contribution in [2.24, 2.45) is 0 Å². The number of oxazole rings is 1. The molecule has 5 nitrogen and oxygen atoms in total. The van der Waals surface area contributed by atoms with E-state index in [0.717, 1.165) is 34.7 Å². The molecular formula is C20H21NO4. The minimum atomic E-state index is -0.349. The summed E-state index contributed by atoms with van der Waals surface area (Å²) in [6.07, 6.45) is 0.838. The van der Waals surface area contributed by atoms with E-state index in [0.29, 0.717) is 12.3 Å². The van der Waals surface area contributed by atoms with Gasteiger partial charge in [0.1, 0.15) is 11.5 Å². The highest BCUT2D eigenvalue weighted by Gasteiger charge is 2.19. The van der Waals surface area contributed by atoms with Gasteiger partial charge in [0.15, 0.2) is 5.76 Å². The molecule has 5 heteroatoms. The molecule has 0 saturated carbocycles. The third kappa shape index (κ3) is 3.31. The van der Waals surface area contributed by atoms with Crippen molar-refractivity contribution < 1.29 is 13.9 Å². The van der Waals surface area contributed by atoms with E-state index in [9.17, 15) is 4.79 Å². The number of hydrogen-bond acceptors (Lipinski definition) is 4. The summed E-state index contributed by atoms with van der Waals surface area (Å²) in [6, 6.07) is 15.1. The van der Waals surface area contributed by atoms with Crippen molar-refractivity contribution in [3.63, 3.8) is 0 Å². The lowest BCUT2D eigenvalue weighted by Gasteiger charge is -2.09. The lowest BCUT2D eigenvalue weighted by atomic mass is 10.0. The topological polar surface area (TPSA) is 53.6 Å². The largest absolute Gasteiger partial charge is 0.497 e. The van der Waals surface area contributed by atoms with Crippen LogP contribution >= 0.6 is 0 Å². The second kappa shape index (κ2) is 7.30. The van der Waals surface area contributed by atoms with E-state index >= 15 is 0 Å². The second-order valence-corrected chi connectivity index (χ2v) is 5.65. The fourth-order valence-electron chi connectivity index (χ4n) is 2.81. The molecule has 0 aliphatic carbocycles. The summed E-state index contributed by atoms with van der Waals surface area (Å²) in [5.74, 6) is 1.73. The van der Waals surface area contributed by atoms with Crippen LogP contribution in [0.4, 0.5) is 0 Å². The maximum Gasteiger partial charge on any atom is 0.419 e. The van der Waals surface area contributed by atoms with Crippen LogP contribution in [-0.2, 0) is 6.54 Å². The average Bonchev–Trinajstić information content (AvgIpc) is 2.99. The number of nitrogens with zero attached hydrogens (tertiary/aromatic N) is 1. The number of benzene rings is 2. The SMILES string of the molecule is CCCn1c(-c2ccc(OC)cc2)c(-c2ccc(OC)cc2)oc1=O. The lowest BCUT2D eigenvalue weighted by Crippen LogP contribution is -2.15. The lowest BCUT2D eigenvalue weighted by molar-refractivity contribution is 0.414. The van der Waals surface area contributed by atoms with Crippen LogP contribution in [0.25, 0.3) is 22.6 Å². The molecule has 0 amide bonds. The standard InChI is InChI=1S/C20H21NO4/c1-4-13-21-18(14-5-9-16(23-2)10-6-14)19(25-20(21)22)15-7-11-17(24-3)12-8-15/h5-12H,4,13H2,1-3H3. The van der Waals surface area contributed by atoms with E-state index in [2.05, 4.69) is 0 Å². The maximum atomic E-state index is 12.4. The van der Waals surface area contributed by atoms with E-state index in [4.69, 9.17) is 13.9 Å². The Morgan fingerprint density at radius 3 is 1.88 bits per heavy atom. The van der Waals surface area contributed by atoms with Crippen molar-refractivity contribution in [2.75, 3.05) is 14.2 Å². The van der Waals surface area contributed by atoms with Gasteiger partial charge in [-0.15, -0.1) is 0 Å². The van der Waals surface area contributed by atoms with Crippen LogP contribution in [-0.4, -0.2) is 18.8 Å². The molecule has 0 unspecified atom stereocenters. The van der Waals surface area contributed by atoms with E-state index in [-0.39, 0.29) is 5.76 Å². The van der Waals surface area contributed by atoms with E-state index < -0.39 is 0 Å². The van der Waals surface area contributed by atoms with E-state index in [1.54, 1.807) is 18.8 Å². The number of methoxy groups -OCH3 is 2. The van der Waals surface area contributed by atoms with Crippen LogP contribution in [0.5, 0.6) is 11.5 Å². The summed E-state index contributed by atoms with van der Waals surface area (Å²) >= 11 is 0. The van der Waals surface area contributed by atoms with Crippen LogP contribution < -0.4 is 15.2 Å². The maximum absolute atomic E-state index is 12.4. The van der Waals surface area contributed by atoms with Crippen molar-refractivity contribution in [3.05, 3.63) is 59.1 Å². The molecule has 130 valence electrons. The smallest absolute Gasteiger partial charge is 0.419 e. The van der Waals surface area contributed by atoms with Gasteiger partial charge in [0.2, 0.25) is 0 Å². The molecule has 25 heavy (non-hydrogen) atoms. The highest BCUT2D eigenvalue weighted by Crippen LogP contribution is 2.33. The highest BCUT2D eigenvalue weighted by molar-refractivity contribution is 5.77. The number of aromatic nitrogens is 1. The molecular weight excluding hydrogens is 318 g/mol. The molecule has 0 saturated heterocycles. The second-order valence-electron chi connectivity index (χ2n) is 5.65. The predicted octanol–water partition coefficient (Wildman–Crippen LogP) is 4.20. The number of hydrogen-bond donors (Lipinski definition) is 0. The van der Waals surface area contributed by atoms with Crippen LogP contribution in [0.2, 0.25) is 0 Å². The van der Waals surface area contributed by atoms with Crippen molar-refractivity contribution in [3.8, 4) is 34.1 Å². The Bertz CT molecular complexity index is 889. The van der Waals surface area contributed by atoms with Gasteiger partial charge in [-0.25, -0.2) is 4.79 Å². The predicted molar refractivity (Wildman–Crippen MR) is 97.2 cm³/mol. The zero-order chi connectivity index (χ0) is 17.8. The van der Waals surface area contributed by atoms with Gasteiger partial charge in [0.05, 0.1) is 19.9 Å². The molecule has 3 rings (SSSR count). The molecule has 2 aromatic carbocycles. The van der Waals surface area contributed by atoms with Gasteiger partial charge in [-0.05, 0) is 55.0 Å². The zero-order valence-corrected chi connectivity index (χ0v) is 14.6. The fourth-order valence-corrected chi connectivity index (χ4v) is 2.81. The summed E-state index contributed by atoms with van der Waals surface area (Å²) in [4.78, 5) is 12.4. The van der Waals surface area contributed by atoms with Crippen molar-refractivity contribution in [2.45, 2.75) is 19.9 Å². The molecule has 1 aromatic heterocycles. The monoisotopic (exact) mass is 339 g/mol. The quantitative estimate of drug-likeness (QED) is 0.675. The summed E-state index contributed by atoms with van der Waals surface area (Å²) in [5, 5.41) is 0. The average molecular weight is 339 g/mol. The van der Waals surface area contributed by atoms with Gasteiger partial charge in [-0.1, -0.05) is 6.92 Å². The first-order valence-corrected chi connectivity index (χ1v) is 8.20. The van der Waals surface area contributed by atoms with Gasteiger partial charge >= 0.3 is 5.76 Å². The molecule has 0 atom stereocenters.